The summed E-state index contributed by atoms with van der Waals surface area (Å²) in [6, 6.07) is 17.5. The molecular formula is C13H13NO. The number of para-hydroxylation sites is 1. The van der Waals surface area contributed by atoms with Gasteiger partial charge in [-0.15, -0.1) is 0 Å². The Balaban J connectivity index is 1.96. The van der Waals surface area contributed by atoms with Gasteiger partial charge in [0.25, 0.3) is 0 Å². The minimum absolute atomic E-state index is 0.574. The summed E-state index contributed by atoms with van der Waals surface area (Å²) in [5.41, 5.74) is 7.49. The largest absolute Gasteiger partial charge is 0.489 e. The zero-order chi connectivity index (χ0) is 10.5. The average Bonchev–Trinajstić information content (AvgIpc) is 2.30. The molecule has 0 aromatic heterocycles. The molecule has 0 heterocycles. The Morgan fingerprint density at radius 1 is 0.867 bits per heavy atom. The third kappa shape index (κ3) is 2.74. The van der Waals surface area contributed by atoms with E-state index in [4.69, 9.17) is 10.5 Å². The molecule has 0 amide bonds. The molecule has 2 aromatic rings. The van der Waals surface area contributed by atoms with E-state index in [1.807, 2.05) is 54.6 Å². The number of benzene rings is 2. The van der Waals surface area contributed by atoms with Crippen molar-refractivity contribution in [2.75, 3.05) is 5.73 Å². The average molecular weight is 199 g/mol. The van der Waals surface area contributed by atoms with E-state index in [1.165, 1.54) is 0 Å². The van der Waals surface area contributed by atoms with Crippen LogP contribution in [0.4, 0.5) is 5.69 Å². The summed E-state index contributed by atoms with van der Waals surface area (Å²) in [6.07, 6.45) is 0. The van der Waals surface area contributed by atoms with Gasteiger partial charge in [-0.3, -0.25) is 0 Å². The second-order valence-electron chi connectivity index (χ2n) is 3.34. The molecule has 0 aliphatic carbocycles. The lowest BCUT2D eigenvalue weighted by molar-refractivity contribution is 0.306. The summed E-state index contributed by atoms with van der Waals surface area (Å²) in [5, 5.41) is 0. The van der Waals surface area contributed by atoms with Gasteiger partial charge in [-0.25, -0.2) is 0 Å². The van der Waals surface area contributed by atoms with Gasteiger partial charge in [0.05, 0.1) is 0 Å². The first-order chi connectivity index (χ1) is 7.34. The summed E-state index contributed by atoms with van der Waals surface area (Å²) in [5.74, 6) is 0.884. The Bertz CT molecular complexity index is 408. The summed E-state index contributed by atoms with van der Waals surface area (Å²) >= 11 is 0. The highest BCUT2D eigenvalue weighted by Crippen LogP contribution is 2.12. The zero-order valence-corrected chi connectivity index (χ0v) is 8.39. The number of nitrogens with two attached hydrogens (primary N) is 1. The van der Waals surface area contributed by atoms with Crippen molar-refractivity contribution in [3.63, 3.8) is 0 Å². The van der Waals surface area contributed by atoms with E-state index in [1.54, 1.807) is 0 Å². The van der Waals surface area contributed by atoms with Gasteiger partial charge in [-0.05, 0) is 29.8 Å². The minimum Gasteiger partial charge on any atom is -0.489 e. The van der Waals surface area contributed by atoms with E-state index in [-0.39, 0.29) is 0 Å². The van der Waals surface area contributed by atoms with Crippen LogP contribution in [0.5, 0.6) is 5.75 Å². The molecule has 2 nitrogen and oxygen atoms in total. The van der Waals surface area contributed by atoms with Gasteiger partial charge in [0.1, 0.15) is 12.4 Å². The van der Waals surface area contributed by atoms with Crippen LogP contribution in [0.1, 0.15) is 5.56 Å². The van der Waals surface area contributed by atoms with Crippen molar-refractivity contribution in [2.24, 2.45) is 0 Å². The minimum atomic E-state index is 0.574. The van der Waals surface area contributed by atoms with Gasteiger partial charge in [0.15, 0.2) is 0 Å². The van der Waals surface area contributed by atoms with Crippen LogP contribution in [0, 0.1) is 0 Å². The zero-order valence-electron chi connectivity index (χ0n) is 8.39. The van der Waals surface area contributed by atoms with Crippen molar-refractivity contribution < 1.29 is 4.74 Å². The SMILES string of the molecule is Nc1ccc(COc2ccccc2)cc1. The van der Waals surface area contributed by atoms with E-state index in [2.05, 4.69) is 0 Å². The summed E-state index contributed by atoms with van der Waals surface area (Å²) in [7, 11) is 0. The van der Waals surface area contributed by atoms with Crippen molar-refractivity contribution in [1.29, 1.82) is 0 Å². The topological polar surface area (TPSA) is 35.2 Å². The molecule has 15 heavy (non-hydrogen) atoms. The van der Waals surface area contributed by atoms with E-state index < -0.39 is 0 Å². The van der Waals surface area contributed by atoms with Crippen LogP contribution in [0.2, 0.25) is 0 Å². The third-order valence-electron chi connectivity index (χ3n) is 2.13. The van der Waals surface area contributed by atoms with E-state index >= 15 is 0 Å². The lowest BCUT2D eigenvalue weighted by Gasteiger charge is -2.05. The van der Waals surface area contributed by atoms with E-state index in [9.17, 15) is 0 Å². The molecule has 0 spiro atoms. The predicted octanol–water partition coefficient (Wildman–Crippen LogP) is 2.85. The van der Waals surface area contributed by atoms with Crippen molar-refractivity contribution in [1.82, 2.24) is 0 Å². The van der Waals surface area contributed by atoms with Crippen molar-refractivity contribution in [2.45, 2.75) is 6.61 Å². The second kappa shape index (κ2) is 4.51. The molecule has 2 rings (SSSR count). The van der Waals surface area contributed by atoms with Crippen LogP contribution in [-0.2, 0) is 6.61 Å². The third-order valence-corrected chi connectivity index (χ3v) is 2.13. The van der Waals surface area contributed by atoms with Gasteiger partial charge in [0.2, 0.25) is 0 Å². The van der Waals surface area contributed by atoms with Crippen molar-refractivity contribution >= 4 is 5.69 Å². The molecule has 76 valence electrons. The smallest absolute Gasteiger partial charge is 0.119 e. The molecule has 0 bridgehead atoms. The van der Waals surface area contributed by atoms with E-state index in [0.717, 1.165) is 17.0 Å². The number of rotatable bonds is 3. The maximum absolute atomic E-state index is 5.59. The van der Waals surface area contributed by atoms with Crippen LogP contribution in [0.15, 0.2) is 54.6 Å². The molecule has 0 saturated heterocycles. The predicted molar refractivity (Wildman–Crippen MR) is 61.6 cm³/mol. The molecule has 0 atom stereocenters. The first-order valence-electron chi connectivity index (χ1n) is 4.87. The summed E-state index contributed by atoms with van der Waals surface area (Å²) in [6.45, 7) is 0.574. The number of anilines is 1. The Hall–Kier alpha value is -1.96. The van der Waals surface area contributed by atoms with Crippen molar-refractivity contribution in [3.8, 4) is 5.75 Å². The van der Waals surface area contributed by atoms with Crippen LogP contribution in [0.25, 0.3) is 0 Å². The van der Waals surface area contributed by atoms with Gasteiger partial charge in [-0.2, -0.15) is 0 Å². The fourth-order valence-electron chi connectivity index (χ4n) is 1.30. The normalized spacial score (nSPS) is 9.87. The van der Waals surface area contributed by atoms with Gasteiger partial charge < -0.3 is 10.5 Å². The highest BCUT2D eigenvalue weighted by molar-refractivity contribution is 5.39. The van der Waals surface area contributed by atoms with Crippen LogP contribution >= 0.6 is 0 Å². The van der Waals surface area contributed by atoms with Gasteiger partial charge in [0, 0.05) is 5.69 Å². The Kier molecular flexibility index (Phi) is 2.88. The van der Waals surface area contributed by atoms with Crippen LogP contribution in [-0.4, -0.2) is 0 Å². The summed E-state index contributed by atoms with van der Waals surface area (Å²) in [4.78, 5) is 0. The van der Waals surface area contributed by atoms with Crippen LogP contribution < -0.4 is 10.5 Å². The number of ether oxygens (including phenoxy) is 1. The summed E-state index contributed by atoms with van der Waals surface area (Å²) < 4.78 is 5.59. The first kappa shape index (κ1) is 9.59. The Morgan fingerprint density at radius 2 is 1.53 bits per heavy atom. The van der Waals surface area contributed by atoms with Gasteiger partial charge in [-0.1, -0.05) is 30.3 Å². The molecule has 0 radical (unpaired) electrons. The molecule has 2 N–H and O–H groups in total. The van der Waals surface area contributed by atoms with Crippen molar-refractivity contribution in [3.05, 3.63) is 60.2 Å². The molecular weight excluding hydrogens is 186 g/mol. The molecule has 0 aliphatic heterocycles. The fourth-order valence-corrected chi connectivity index (χ4v) is 1.30. The second-order valence-corrected chi connectivity index (χ2v) is 3.34. The highest BCUT2D eigenvalue weighted by atomic mass is 16.5. The molecule has 2 aromatic carbocycles. The number of nitrogen functional groups attached to an aromatic ring is 1. The molecule has 2 heteroatoms. The first-order valence-corrected chi connectivity index (χ1v) is 4.87. The number of hydrogen-bond donors (Lipinski definition) is 1. The maximum Gasteiger partial charge on any atom is 0.119 e. The van der Waals surface area contributed by atoms with Crippen LogP contribution in [0.3, 0.4) is 0 Å². The standard InChI is InChI=1S/C13H13NO/c14-12-8-6-11(7-9-12)10-15-13-4-2-1-3-5-13/h1-9H,10,14H2. The monoisotopic (exact) mass is 199 g/mol. The lowest BCUT2D eigenvalue weighted by Crippen LogP contribution is -1.95. The van der Waals surface area contributed by atoms with E-state index in [0.29, 0.717) is 6.61 Å². The Morgan fingerprint density at radius 3 is 2.20 bits per heavy atom. The van der Waals surface area contributed by atoms with Gasteiger partial charge >= 0.3 is 0 Å². The maximum atomic E-state index is 5.59. The highest BCUT2D eigenvalue weighted by Gasteiger charge is 1.94. The quantitative estimate of drug-likeness (QED) is 0.771. The molecule has 0 unspecified atom stereocenters. The fraction of sp³-hybridized carbons (Fsp3) is 0.0769. The molecule has 0 saturated carbocycles. The lowest BCUT2D eigenvalue weighted by atomic mass is 10.2. The number of hydrogen-bond acceptors (Lipinski definition) is 2. The Labute approximate surface area is 89.3 Å². The molecule has 0 aliphatic rings. The molecule has 0 fully saturated rings.